The van der Waals surface area contributed by atoms with Gasteiger partial charge in [-0.05, 0) is 19.3 Å². The second-order valence-corrected chi connectivity index (χ2v) is 4.75. The van der Waals surface area contributed by atoms with E-state index in [1.807, 2.05) is 0 Å². The molecule has 1 saturated heterocycles. The van der Waals surface area contributed by atoms with Crippen molar-refractivity contribution in [1.82, 2.24) is 0 Å². The van der Waals surface area contributed by atoms with Gasteiger partial charge in [0.1, 0.15) is 0 Å². The molecule has 0 N–H and O–H groups in total. The Morgan fingerprint density at radius 2 is 1.71 bits per heavy atom. The van der Waals surface area contributed by atoms with Crippen LogP contribution in [0.5, 0.6) is 0 Å². The molecule has 14 heavy (non-hydrogen) atoms. The lowest BCUT2D eigenvalue weighted by Crippen LogP contribution is -2.45. The summed E-state index contributed by atoms with van der Waals surface area (Å²) in [5.74, 6) is 0.482. The molecule has 1 heterocycles. The zero-order valence-corrected chi connectivity index (χ0v) is 9.26. The third-order valence-corrected chi connectivity index (χ3v) is 3.48. The number of hydrogen-bond acceptors (Lipinski definition) is 2. The molecule has 2 aliphatic rings. The quantitative estimate of drug-likeness (QED) is 0.678. The molecule has 0 bridgehead atoms. The first-order valence-corrected chi connectivity index (χ1v) is 6.12. The molecule has 2 rings (SSSR count). The van der Waals surface area contributed by atoms with Gasteiger partial charge in [0.2, 0.25) is 0 Å². The molecular weight excluding hydrogens is 176 g/mol. The van der Waals surface area contributed by atoms with Crippen molar-refractivity contribution in [3.05, 3.63) is 0 Å². The number of hydrogen-bond donors (Lipinski definition) is 0. The zero-order chi connectivity index (χ0) is 9.86. The Morgan fingerprint density at radius 3 is 2.29 bits per heavy atom. The van der Waals surface area contributed by atoms with E-state index in [-0.39, 0.29) is 5.79 Å². The molecule has 2 heteroatoms. The van der Waals surface area contributed by atoms with Crippen molar-refractivity contribution >= 4 is 0 Å². The first-order chi connectivity index (χ1) is 6.85. The van der Waals surface area contributed by atoms with Crippen LogP contribution in [0.1, 0.15) is 51.9 Å². The van der Waals surface area contributed by atoms with Crippen LogP contribution >= 0.6 is 0 Å². The molecule has 0 amide bonds. The molecule has 0 aromatic carbocycles. The van der Waals surface area contributed by atoms with Crippen LogP contribution in [0.25, 0.3) is 0 Å². The molecule has 0 aromatic rings. The lowest BCUT2D eigenvalue weighted by Gasteiger charge is -2.42. The van der Waals surface area contributed by atoms with Gasteiger partial charge in [-0.1, -0.05) is 19.8 Å². The maximum Gasteiger partial charge on any atom is 0.168 e. The molecule has 2 fully saturated rings. The topological polar surface area (TPSA) is 18.5 Å². The van der Waals surface area contributed by atoms with Crippen LogP contribution in [0, 0.1) is 5.92 Å². The van der Waals surface area contributed by atoms with Crippen molar-refractivity contribution in [3.63, 3.8) is 0 Å². The number of ether oxygens (including phenoxy) is 2. The van der Waals surface area contributed by atoms with Crippen LogP contribution in [0.3, 0.4) is 0 Å². The summed E-state index contributed by atoms with van der Waals surface area (Å²) < 4.78 is 11.9. The largest absolute Gasteiger partial charge is 0.350 e. The lowest BCUT2D eigenvalue weighted by atomic mass is 9.92. The summed E-state index contributed by atoms with van der Waals surface area (Å²) >= 11 is 0. The summed E-state index contributed by atoms with van der Waals surface area (Å²) in [4.78, 5) is 0. The Balaban J connectivity index is 1.81. The molecule has 0 aromatic heterocycles. The Labute approximate surface area is 87.0 Å². The summed E-state index contributed by atoms with van der Waals surface area (Å²) in [5.41, 5.74) is 0. The minimum absolute atomic E-state index is 0.164. The highest BCUT2D eigenvalue weighted by atomic mass is 16.7. The van der Waals surface area contributed by atoms with E-state index >= 15 is 0 Å². The minimum atomic E-state index is -0.164. The van der Waals surface area contributed by atoms with Gasteiger partial charge in [0.05, 0.1) is 13.2 Å². The second kappa shape index (κ2) is 4.63. The molecule has 1 spiro atoms. The third-order valence-electron chi connectivity index (χ3n) is 3.48. The molecule has 0 radical (unpaired) electrons. The predicted molar refractivity (Wildman–Crippen MR) is 56.1 cm³/mol. The van der Waals surface area contributed by atoms with Crippen LogP contribution < -0.4 is 0 Å². The van der Waals surface area contributed by atoms with Crippen molar-refractivity contribution in [2.24, 2.45) is 5.92 Å². The highest BCUT2D eigenvalue weighted by Crippen LogP contribution is 2.36. The SMILES string of the molecule is CCCC1COC2(CCCCC2)OC1. The average Bonchev–Trinajstić information content (AvgIpc) is 2.24. The van der Waals surface area contributed by atoms with E-state index in [4.69, 9.17) is 9.47 Å². The van der Waals surface area contributed by atoms with Gasteiger partial charge >= 0.3 is 0 Å². The molecule has 1 saturated carbocycles. The average molecular weight is 198 g/mol. The van der Waals surface area contributed by atoms with E-state index in [1.54, 1.807) is 0 Å². The smallest absolute Gasteiger partial charge is 0.168 e. The summed E-state index contributed by atoms with van der Waals surface area (Å²) in [6, 6.07) is 0. The van der Waals surface area contributed by atoms with Crippen LogP contribution in [0.4, 0.5) is 0 Å². The molecule has 2 nitrogen and oxygen atoms in total. The fourth-order valence-corrected chi connectivity index (χ4v) is 2.58. The molecule has 0 unspecified atom stereocenters. The van der Waals surface area contributed by atoms with Crippen LogP contribution in [-0.4, -0.2) is 19.0 Å². The van der Waals surface area contributed by atoms with E-state index in [0.717, 1.165) is 26.1 Å². The van der Waals surface area contributed by atoms with Gasteiger partial charge in [-0.3, -0.25) is 0 Å². The van der Waals surface area contributed by atoms with Gasteiger partial charge in [0.25, 0.3) is 0 Å². The maximum absolute atomic E-state index is 5.95. The second-order valence-electron chi connectivity index (χ2n) is 4.75. The van der Waals surface area contributed by atoms with Gasteiger partial charge in [-0.25, -0.2) is 0 Å². The fourth-order valence-electron chi connectivity index (χ4n) is 2.58. The van der Waals surface area contributed by atoms with Gasteiger partial charge < -0.3 is 9.47 Å². The molecule has 1 aliphatic heterocycles. The first kappa shape index (κ1) is 10.4. The van der Waals surface area contributed by atoms with Crippen molar-refractivity contribution in [2.45, 2.75) is 57.7 Å². The van der Waals surface area contributed by atoms with E-state index < -0.39 is 0 Å². The fraction of sp³-hybridized carbons (Fsp3) is 1.00. The first-order valence-electron chi connectivity index (χ1n) is 6.12. The normalized spacial score (nSPS) is 28.1. The summed E-state index contributed by atoms with van der Waals surface area (Å²) in [5, 5.41) is 0. The highest BCUT2D eigenvalue weighted by Gasteiger charge is 2.38. The van der Waals surface area contributed by atoms with Crippen molar-refractivity contribution in [2.75, 3.05) is 13.2 Å². The molecule has 0 atom stereocenters. The van der Waals surface area contributed by atoms with Gasteiger partial charge in [0.15, 0.2) is 5.79 Å². The van der Waals surface area contributed by atoms with E-state index in [0.29, 0.717) is 5.92 Å². The minimum Gasteiger partial charge on any atom is -0.350 e. The van der Waals surface area contributed by atoms with Crippen molar-refractivity contribution in [1.29, 1.82) is 0 Å². The predicted octanol–water partition coefficient (Wildman–Crippen LogP) is 3.11. The Bertz CT molecular complexity index is 163. The summed E-state index contributed by atoms with van der Waals surface area (Å²) in [7, 11) is 0. The molecule has 1 aliphatic carbocycles. The van der Waals surface area contributed by atoms with Crippen LogP contribution in [-0.2, 0) is 9.47 Å². The van der Waals surface area contributed by atoms with Crippen LogP contribution in [0.2, 0.25) is 0 Å². The van der Waals surface area contributed by atoms with E-state index in [9.17, 15) is 0 Å². The van der Waals surface area contributed by atoms with Crippen LogP contribution in [0.15, 0.2) is 0 Å². The van der Waals surface area contributed by atoms with Crippen molar-refractivity contribution < 1.29 is 9.47 Å². The van der Waals surface area contributed by atoms with Gasteiger partial charge in [-0.2, -0.15) is 0 Å². The molecular formula is C12H22O2. The van der Waals surface area contributed by atoms with E-state index in [1.165, 1.54) is 32.1 Å². The standard InChI is InChI=1S/C12H22O2/c1-2-6-11-9-13-12(14-10-11)7-4-3-5-8-12/h11H,2-10H2,1H3. The van der Waals surface area contributed by atoms with Gasteiger partial charge in [0, 0.05) is 18.8 Å². The monoisotopic (exact) mass is 198 g/mol. The Morgan fingerprint density at radius 1 is 1.07 bits per heavy atom. The highest BCUT2D eigenvalue weighted by molar-refractivity contribution is 4.79. The maximum atomic E-state index is 5.95. The summed E-state index contributed by atoms with van der Waals surface area (Å²) in [6.45, 7) is 4.08. The number of rotatable bonds is 2. The third kappa shape index (κ3) is 2.29. The van der Waals surface area contributed by atoms with E-state index in [2.05, 4.69) is 6.92 Å². The Kier molecular flexibility index (Phi) is 3.45. The summed E-state index contributed by atoms with van der Waals surface area (Å²) in [6.07, 6.45) is 8.63. The lowest BCUT2D eigenvalue weighted by molar-refractivity contribution is -0.295. The van der Waals surface area contributed by atoms with Gasteiger partial charge in [-0.15, -0.1) is 0 Å². The Hall–Kier alpha value is -0.0800. The molecule has 82 valence electrons. The zero-order valence-electron chi connectivity index (χ0n) is 9.26. The van der Waals surface area contributed by atoms with Crippen molar-refractivity contribution in [3.8, 4) is 0 Å².